The van der Waals surface area contributed by atoms with E-state index in [1.165, 1.54) is 5.56 Å². The molecule has 108 valence electrons. The maximum absolute atomic E-state index is 5.91. The number of morpholine rings is 1. The Morgan fingerprint density at radius 3 is 2.89 bits per heavy atom. The molecule has 0 aromatic carbocycles. The van der Waals surface area contributed by atoms with Crippen LogP contribution in [0.15, 0.2) is 6.20 Å². The van der Waals surface area contributed by atoms with Gasteiger partial charge in [0.2, 0.25) is 0 Å². The molecule has 2 atom stereocenters. The smallest absolute Gasteiger partial charge is 0.0895 e. The van der Waals surface area contributed by atoms with Crippen LogP contribution in [0.2, 0.25) is 0 Å². The molecule has 1 aliphatic rings. The first-order chi connectivity index (χ1) is 9.21. The molecule has 0 spiro atoms. The van der Waals surface area contributed by atoms with E-state index in [9.17, 15) is 0 Å². The van der Waals surface area contributed by atoms with Crippen molar-refractivity contribution in [1.29, 1.82) is 0 Å². The van der Waals surface area contributed by atoms with Gasteiger partial charge in [-0.05, 0) is 19.4 Å². The van der Waals surface area contributed by atoms with Gasteiger partial charge < -0.3 is 10.5 Å². The van der Waals surface area contributed by atoms with Gasteiger partial charge in [-0.2, -0.15) is 5.10 Å². The highest BCUT2D eigenvalue weighted by Crippen LogP contribution is 2.31. The lowest BCUT2D eigenvalue weighted by Crippen LogP contribution is -2.48. The normalized spacial score (nSPS) is 24.8. The fourth-order valence-electron chi connectivity index (χ4n) is 2.99. The van der Waals surface area contributed by atoms with E-state index in [-0.39, 0.29) is 12.1 Å². The monoisotopic (exact) mass is 266 g/mol. The van der Waals surface area contributed by atoms with Crippen molar-refractivity contribution in [1.82, 2.24) is 14.7 Å². The highest BCUT2D eigenvalue weighted by molar-refractivity contribution is 5.23. The third kappa shape index (κ3) is 2.99. The summed E-state index contributed by atoms with van der Waals surface area (Å²) in [4.78, 5) is 2.50. The van der Waals surface area contributed by atoms with Gasteiger partial charge in [0.1, 0.15) is 0 Å². The van der Waals surface area contributed by atoms with E-state index in [1.54, 1.807) is 0 Å². The lowest BCUT2D eigenvalue weighted by atomic mass is 9.97. The molecule has 0 aliphatic carbocycles. The Kier molecular flexibility index (Phi) is 4.96. The molecule has 0 saturated carbocycles. The number of aryl methyl sites for hydroxylation is 2. The standard InChI is InChI=1S/C14H26N4O/c1-4-6-18-7-8-19-13(9-15)14(18)11-10-17(3)16-12(11)5-2/h10,13-14H,4-9,15H2,1-3H3. The van der Waals surface area contributed by atoms with Crippen LogP contribution in [0.4, 0.5) is 0 Å². The molecule has 2 rings (SSSR count). The second-order valence-electron chi connectivity index (χ2n) is 5.18. The molecule has 19 heavy (non-hydrogen) atoms. The van der Waals surface area contributed by atoms with Crippen molar-refractivity contribution in [2.45, 2.75) is 38.8 Å². The van der Waals surface area contributed by atoms with Crippen molar-refractivity contribution < 1.29 is 4.74 Å². The Balaban J connectivity index is 2.33. The molecule has 2 heterocycles. The Morgan fingerprint density at radius 1 is 1.47 bits per heavy atom. The summed E-state index contributed by atoms with van der Waals surface area (Å²) in [6, 6.07) is 0.252. The minimum Gasteiger partial charge on any atom is -0.374 e. The summed E-state index contributed by atoms with van der Waals surface area (Å²) in [5.74, 6) is 0. The third-order valence-corrected chi connectivity index (χ3v) is 3.79. The van der Waals surface area contributed by atoms with Crippen LogP contribution in [0.1, 0.15) is 37.6 Å². The maximum Gasteiger partial charge on any atom is 0.0895 e. The molecule has 5 nitrogen and oxygen atoms in total. The number of rotatable bonds is 5. The molecular weight excluding hydrogens is 240 g/mol. The number of aromatic nitrogens is 2. The molecule has 2 unspecified atom stereocenters. The van der Waals surface area contributed by atoms with Crippen molar-refractivity contribution in [3.63, 3.8) is 0 Å². The van der Waals surface area contributed by atoms with Crippen LogP contribution in [0.3, 0.4) is 0 Å². The Bertz CT molecular complexity index is 402. The van der Waals surface area contributed by atoms with E-state index < -0.39 is 0 Å². The minimum atomic E-state index is 0.0785. The van der Waals surface area contributed by atoms with Crippen molar-refractivity contribution in [3.05, 3.63) is 17.5 Å². The van der Waals surface area contributed by atoms with Crippen LogP contribution in [-0.2, 0) is 18.2 Å². The molecule has 5 heteroatoms. The largest absolute Gasteiger partial charge is 0.374 e. The predicted octanol–water partition coefficient (Wildman–Crippen LogP) is 1.09. The van der Waals surface area contributed by atoms with Crippen LogP contribution < -0.4 is 5.73 Å². The van der Waals surface area contributed by atoms with Crippen LogP contribution in [0, 0.1) is 0 Å². The van der Waals surface area contributed by atoms with E-state index in [0.29, 0.717) is 6.54 Å². The maximum atomic E-state index is 5.91. The van der Waals surface area contributed by atoms with Crippen LogP contribution in [-0.4, -0.2) is 47.0 Å². The van der Waals surface area contributed by atoms with Crippen molar-refractivity contribution >= 4 is 0 Å². The van der Waals surface area contributed by atoms with Crippen LogP contribution in [0.5, 0.6) is 0 Å². The molecule has 1 aromatic heterocycles. The first-order valence-corrected chi connectivity index (χ1v) is 7.29. The van der Waals surface area contributed by atoms with Gasteiger partial charge in [0, 0.05) is 31.9 Å². The molecule has 1 aromatic rings. The summed E-state index contributed by atoms with van der Waals surface area (Å²) in [5.41, 5.74) is 8.36. The first-order valence-electron chi connectivity index (χ1n) is 7.29. The summed E-state index contributed by atoms with van der Waals surface area (Å²) in [6.45, 7) is 7.77. The number of nitrogens with zero attached hydrogens (tertiary/aromatic N) is 3. The Hall–Kier alpha value is -0.910. The molecule has 0 bridgehead atoms. The van der Waals surface area contributed by atoms with Gasteiger partial charge in [-0.25, -0.2) is 0 Å². The number of hydrogen-bond donors (Lipinski definition) is 1. The second kappa shape index (κ2) is 6.50. The van der Waals surface area contributed by atoms with Crippen molar-refractivity contribution in [2.24, 2.45) is 12.8 Å². The molecule has 1 aliphatic heterocycles. The summed E-state index contributed by atoms with van der Waals surface area (Å²) in [6.07, 6.45) is 4.30. The van der Waals surface area contributed by atoms with Gasteiger partial charge in [0.25, 0.3) is 0 Å². The van der Waals surface area contributed by atoms with E-state index in [4.69, 9.17) is 10.5 Å². The number of hydrogen-bond acceptors (Lipinski definition) is 4. The topological polar surface area (TPSA) is 56.3 Å². The minimum absolute atomic E-state index is 0.0785. The summed E-state index contributed by atoms with van der Waals surface area (Å²) in [7, 11) is 1.98. The molecule has 2 N–H and O–H groups in total. The lowest BCUT2D eigenvalue weighted by Gasteiger charge is -2.40. The van der Waals surface area contributed by atoms with Gasteiger partial charge in [0.15, 0.2) is 0 Å². The van der Waals surface area contributed by atoms with Crippen molar-refractivity contribution in [3.8, 4) is 0 Å². The van der Waals surface area contributed by atoms with Gasteiger partial charge in [0.05, 0.1) is 24.4 Å². The summed E-state index contributed by atoms with van der Waals surface area (Å²) in [5, 5.41) is 4.56. The Labute approximate surface area is 115 Å². The first kappa shape index (κ1) is 14.5. The molecule has 0 radical (unpaired) electrons. The number of ether oxygens (including phenoxy) is 1. The van der Waals surface area contributed by atoms with Gasteiger partial charge in [-0.15, -0.1) is 0 Å². The lowest BCUT2D eigenvalue weighted by molar-refractivity contribution is -0.0678. The van der Waals surface area contributed by atoms with E-state index >= 15 is 0 Å². The zero-order valence-corrected chi connectivity index (χ0v) is 12.3. The fraction of sp³-hybridized carbons (Fsp3) is 0.786. The van der Waals surface area contributed by atoms with Crippen LogP contribution in [0.25, 0.3) is 0 Å². The Morgan fingerprint density at radius 2 is 2.26 bits per heavy atom. The van der Waals surface area contributed by atoms with Crippen molar-refractivity contribution in [2.75, 3.05) is 26.2 Å². The molecule has 0 amide bonds. The summed E-state index contributed by atoms with van der Waals surface area (Å²) >= 11 is 0. The quantitative estimate of drug-likeness (QED) is 0.867. The third-order valence-electron chi connectivity index (χ3n) is 3.79. The zero-order chi connectivity index (χ0) is 13.8. The van der Waals surface area contributed by atoms with Gasteiger partial charge in [-0.3, -0.25) is 9.58 Å². The fourth-order valence-corrected chi connectivity index (χ4v) is 2.99. The predicted molar refractivity (Wildman–Crippen MR) is 76.0 cm³/mol. The molecule has 1 fully saturated rings. The van der Waals surface area contributed by atoms with E-state index in [2.05, 4.69) is 30.0 Å². The SMILES string of the molecule is CCCN1CCOC(CN)C1c1cn(C)nc1CC. The molecule has 1 saturated heterocycles. The highest BCUT2D eigenvalue weighted by Gasteiger charge is 2.34. The highest BCUT2D eigenvalue weighted by atomic mass is 16.5. The average molecular weight is 266 g/mol. The van der Waals surface area contributed by atoms with E-state index in [1.807, 2.05) is 11.7 Å². The summed E-state index contributed by atoms with van der Waals surface area (Å²) < 4.78 is 7.78. The van der Waals surface area contributed by atoms with Gasteiger partial charge in [-0.1, -0.05) is 13.8 Å². The molecular formula is C14H26N4O. The van der Waals surface area contributed by atoms with E-state index in [0.717, 1.165) is 38.2 Å². The average Bonchev–Trinajstić information content (AvgIpc) is 2.79. The van der Waals surface area contributed by atoms with Crippen LogP contribution >= 0.6 is 0 Å². The second-order valence-corrected chi connectivity index (χ2v) is 5.18. The van der Waals surface area contributed by atoms with Gasteiger partial charge >= 0.3 is 0 Å². The zero-order valence-electron chi connectivity index (χ0n) is 12.3. The number of nitrogens with two attached hydrogens (primary N) is 1.